The molecule has 0 N–H and O–H groups in total. The van der Waals surface area contributed by atoms with Crippen LogP contribution in [0.15, 0.2) is 32.5 Å². The Hall–Kier alpha value is -1.82. The summed E-state index contributed by atoms with van der Waals surface area (Å²) in [7, 11) is 0.102. The number of benzene rings is 1. The monoisotopic (exact) mass is 296 g/mol. The highest BCUT2D eigenvalue weighted by molar-refractivity contribution is 7.84. The van der Waals surface area contributed by atoms with Crippen LogP contribution in [0.2, 0.25) is 0 Å². The molecule has 2 rings (SSSR count). The topological polar surface area (TPSA) is 65.7 Å². The normalized spacial score (nSPS) is 12.7. The fourth-order valence-electron chi connectivity index (χ4n) is 1.85. The van der Waals surface area contributed by atoms with Crippen LogP contribution in [0.3, 0.4) is 0 Å². The molecule has 1 atom stereocenters. The molecule has 20 heavy (non-hydrogen) atoms. The Kier molecular flexibility index (Phi) is 4.13. The lowest BCUT2D eigenvalue weighted by atomic mass is 10.2. The first-order valence-electron chi connectivity index (χ1n) is 6.08. The smallest absolute Gasteiger partial charge is 0.197 e. The molecule has 0 spiro atoms. The lowest BCUT2D eigenvalue weighted by Gasteiger charge is -2.12. The predicted octanol–water partition coefficient (Wildman–Crippen LogP) is 2.33. The van der Waals surface area contributed by atoms with Crippen molar-refractivity contribution in [1.82, 2.24) is 0 Å². The van der Waals surface area contributed by atoms with Crippen LogP contribution in [0.4, 0.5) is 0 Å². The Balaban J connectivity index is 2.74. The molecular formula is C14H16O5S. The molecule has 6 heteroatoms. The minimum atomic E-state index is -1.37. The van der Waals surface area contributed by atoms with Crippen molar-refractivity contribution in [3.05, 3.63) is 28.4 Å². The zero-order valence-corrected chi connectivity index (χ0v) is 12.6. The molecule has 1 heterocycles. The number of ether oxygens (including phenoxy) is 2. The Bertz CT molecular complexity index is 717. The average Bonchev–Trinajstić information content (AvgIpc) is 2.36. The largest absolute Gasteiger partial charge is 0.496 e. The lowest BCUT2D eigenvalue weighted by Crippen LogP contribution is -2.08. The van der Waals surface area contributed by atoms with E-state index in [0.717, 1.165) is 0 Å². The maximum absolute atomic E-state index is 12.1. The molecule has 1 aromatic heterocycles. The number of fused-ring (bicyclic) bond motifs is 1. The minimum absolute atomic E-state index is 0.0210. The molecular weight excluding hydrogens is 280 g/mol. The van der Waals surface area contributed by atoms with E-state index in [9.17, 15) is 9.00 Å². The van der Waals surface area contributed by atoms with Gasteiger partial charge in [0, 0.05) is 24.5 Å². The lowest BCUT2D eigenvalue weighted by molar-refractivity contribution is 0.241. The molecule has 5 nitrogen and oxygen atoms in total. The highest BCUT2D eigenvalue weighted by atomic mass is 32.2. The first-order chi connectivity index (χ1) is 9.42. The van der Waals surface area contributed by atoms with Gasteiger partial charge in [-0.05, 0) is 13.8 Å². The van der Waals surface area contributed by atoms with Crippen LogP contribution in [-0.4, -0.2) is 23.7 Å². The second-order valence-electron chi connectivity index (χ2n) is 4.55. The van der Waals surface area contributed by atoms with Crippen LogP contribution >= 0.6 is 0 Å². The zero-order valence-electron chi connectivity index (χ0n) is 11.8. The number of hydrogen-bond donors (Lipinski definition) is 0. The van der Waals surface area contributed by atoms with Crippen LogP contribution in [0.5, 0.6) is 11.5 Å². The van der Waals surface area contributed by atoms with Gasteiger partial charge in [-0.25, -0.2) is 0 Å². The summed E-state index contributed by atoms with van der Waals surface area (Å²) in [6.07, 6.45) is 1.43. The van der Waals surface area contributed by atoms with E-state index in [1.807, 2.05) is 13.8 Å². The van der Waals surface area contributed by atoms with Crippen molar-refractivity contribution in [2.45, 2.75) is 25.0 Å². The molecule has 1 aromatic carbocycles. The van der Waals surface area contributed by atoms with E-state index in [2.05, 4.69) is 0 Å². The van der Waals surface area contributed by atoms with Gasteiger partial charge in [-0.2, -0.15) is 0 Å². The van der Waals surface area contributed by atoms with Crippen LogP contribution in [0.25, 0.3) is 11.0 Å². The van der Waals surface area contributed by atoms with Crippen molar-refractivity contribution in [3.63, 3.8) is 0 Å². The van der Waals surface area contributed by atoms with Crippen molar-refractivity contribution in [1.29, 1.82) is 0 Å². The minimum Gasteiger partial charge on any atom is -0.496 e. The van der Waals surface area contributed by atoms with Gasteiger partial charge in [0.05, 0.1) is 24.0 Å². The van der Waals surface area contributed by atoms with Gasteiger partial charge >= 0.3 is 0 Å². The van der Waals surface area contributed by atoms with Crippen molar-refractivity contribution in [2.75, 3.05) is 13.4 Å². The number of rotatable bonds is 4. The highest BCUT2D eigenvalue weighted by Crippen LogP contribution is 2.30. The first-order valence-corrected chi connectivity index (χ1v) is 7.64. The Morgan fingerprint density at radius 1 is 1.25 bits per heavy atom. The van der Waals surface area contributed by atoms with Crippen molar-refractivity contribution in [3.8, 4) is 11.5 Å². The van der Waals surface area contributed by atoms with E-state index >= 15 is 0 Å². The van der Waals surface area contributed by atoms with Crippen molar-refractivity contribution in [2.24, 2.45) is 0 Å². The number of methoxy groups -OCH3 is 1. The molecule has 1 unspecified atom stereocenters. The summed E-state index contributed by atoms with van der Waals surface area (Å²) in [6, 6.07) is 4.47. The van der Waals surface area contributed by atoms with Crippen LogP contribution in [0, 0.1) is 0 Å². The SMILES string of the molecule is COc1cc(OC(C)C)cc2oc(S(C)=O)cc(=O)c12. The highest BCUT2D eigenvalue weighted by Gasteiger charge is 2.14. The summed E-state index contributed by atoms with van der Waals surface area (Å²) in [5.74, 6) is 0.909. The Morgan fingerprint density at radius 3 is 2.50 bits per heavy atom. The molecule has 0 aliphatic heterocycles. The molecule has 0 amide bonds. The van der Waals surface area contributed by atoms with Gasteiger partial charge in [0.1, 0.15) is 22.5 Å². The molecule has 2 aromatic rings. The second kappa shape index (κ2) is 5.66. The first kappa shape index (κ1) is 14.6. The summed E-state index contributed by atoms with van der Waals surface area (Å²) in [5, 5.41) is 0.448. The average molecular weight is 296 g/mol. The van der Waals surface area contributed by atoms with E-state index in [1.54, 1.807) is 12.1 Å². The predicted molar refractivity (Wildman–Crippen MR) is 77.1 cm³/mol. The summed E-state index contributed by atoms with van der Waals surface area (Å²) < 4.78 is 27.8. The molecule has 0 radical (unpaired) electrons. The molecule has 0 aliphatic carbocycles. The summed E-state index contributed by atoms with van der Waals surface area (Å²) in [6.45, 7) is 3.79. The van der Waals surface area contributed by atoms with Gasteiger partial charge in [-0.1, -0.05) is 0 Å². The second-order valence-corrected chi connectivity index (χ2v) is 5.86. The Morgan fingerprint density at radius 2 is 1.95 bits per heavy atom. The quantitative estimate of drug-likeness (QED) is 0.866. The third kappa shape index (κ3) is 2.85. The van der Waals surface area contributed by atoms with E-state index in [-0.39, 0.29) is 16.6 Å². The van der Waals surface area contributed by atoms with Gasteiger partial charge in [0.15, 0.2) is 10.5 Å². The summed E-state index contributed by atoms with van der Waals surface area (Å²) in [5.41, 5.74) is 0.0158. The molecule has 0 saturated carbocycles. The van der Waals surface area contributed by atoms with E-state index in [4.69, 9.17) is 13.9 Å². The molecule has 0 fully saturated rings. The maximum Gasteiger partial charge on any atom is 0.197 e. The standard InChI is InChI=1S/C14H16O5S/c1-8(2)18-9-5-11(17-3)14-10(15)7-13(20(4)16)19-12(14)6-9/h5-8H,1-4H3. The number of hydrogen-bond acceptors (Lipinski definition) is 5. The molecule has 0 aliphatic rings. The molecule has 0 bridgehead atoms. The summed E-state index contributed by atoms with van der Waals surface area (Å²) >= 11 is 0. The Labute approximate surface area is 119 Å². The maximum atomic E-state index is 12.1. The van der Waals surface area contributed by atoms with E-state index < -0.39 is 10.8 Å². The van der Waals surface area contributed by atoms with Crippen LogP contribution in [-0.2, 0) is 10.8 Å². The van der Waals surface area contributed by atoms with Gasteiger partial charge in [-0.15, -0.1) is 0 Å². The fourth-order valence-corrected chi connectivity index (χ4v) is 2.33. The van der Waals surface area contributed by atoms with Gasteiger partial charge < -0.3 is 13.9 Å². The molecule has 0 saturated heterocycles. The molecule has 108 valence electrons. The third-order valence-electron chi connectivity index (χ3n) is 2.62. The van der Waals surface area contributed by atoms with Crippen molar-refractivity contribution < 1.29 is 18.1 Å². The third-order valence-corrected chi connectivity index (χ3v) is 3.39. The van der Waals surface area contributed by atoms with Gasteiger partial charge in [-0.3, -0.25) is 9.00 Å². The van der Waals surface area contributed by atoms with Gasteiger partial charge in [0.25, 0.3) is 0 Å². The van der Waals surface area contributed by atoms with E-state index in [0.29, 0.717) is 22.5 Å². The van der Waals surface area contributed by atoms with Crippen LogP contribution in [0.1, 0.15) is 13.8 Å². The van der Waals surface area contributed by atoms with Gasteiger partial charge in [0.2, 0.25) is 0 Å². The van der Waals surface area contributed by atoms with Crippen LogP contribution < -0.4 is 14.9 Å². The van der Waals surface area contributed by atoms with E-state index in [1.165, 1.54) is 19.4 Å². The van der Waals surface area contributed by atoms with Crippen molar-refractivity contribution >= 4 is 21.8 Å². The zero-order chi connectivity index (χ0) is 14.9. The summed E-state index contributed by atoms with van der Waals surface area (Å²) in [4.78, 5) is 12.1. The fraction of sp³-hybridized carbons (Fsp3) is 0.357.